The molecule has 0 rings (SSSR count). The van der Waals surface area contributed by atoms with Crippen molar-refractivity contribution in [1.29, 1.82) is 0 Å². The molecule has 0 N–H and O–H groups in total. The maximum atomic E-state index is 2.21. The van der Waals surface area contributed by atoms with E-state index in [1.165, 1.54) is 32.2 Å². The van der Waals surface area contributed by atoms with E-state index in [1.54, 1.807) is 0 Å². The van der Waals surface area contributed by atoms with Gasteiger partial charge in [-0.1, -0.05) is 40.0 Å². The molecule has 0 aromatic carbocycles. The summed E-state index contributed by atoms with van der Waals surface area (Å²) >= 11 is 0. The molecule has 0 aliphatic heterocycles. The summed E-state index contributed by atoms with van der Waals surface area (Å²) in [6.45, 7) is 7.81. The van der Waals surface area contributed by atoms with E-state index in [4.69, 9.17) is 0 Å². The van der Waals surface area contributed by atoms with Gasteiger partial charge in [0.1, 0.15) is 0 Å². The van der Waals surface area contributed by atoms with Gasteiger partial charge in [0.2, 0.25) is 0 Å². The molecular formula is C10H25N. The molecule has 1 nitrogen and oxygen atoms in total. The minimum absolute atomic E-state index is 1.23. The van der Waals surface area contributed by atoms with Crippen LogP contribution in [0.4, 0.5) is 0 Å². The second kappa shape index (κ2) is 12.6. The highest BCUT2D eigenvalue weighted by Crippen LogP contribution is 1.86. The number of nitrogens with zero attached hydrogens (tertiary/aromatic N) is 1. The van der Waals surface area contributed by atoms with Crippen LogP contribution in [0.5, 0.6) is 0 Å². The smallest absolute Gasteiger partial charge is 0.00249 e. The van der Waals surface area contributed by atoms with Crippen LogP contribution in [-0.4, -0.2) is 25.5 Å². The van der Waals surface area contributed by atoms with Crippen LogP contribution < -0.4 is 0 Å². The van der Waals surface area contributed by atoms with Gasteiger partial charge >= 0.3 is 0 Å². The summed E-state index contributed by atoms with van der Waals surface area (Å²) in [6, 6.07) is 0. The zero-order valence-electron chi connectivity index (χ0n) is 8.98. The van der Waals surface area contributed by atoms with Crippen molar-refractivity contribution in [2.45, 2.75) is 46.5 Å². The summed E-state index contributed by atoms with van der Waals surface area (Å²) in [5, 5.41) is 0. The van der Waals surface area contributed by atoms with Gasteiger partial charge in [-0.15, -0.1) is 0 Å². The third kappa shape index (κ3) is 25.7. The van der Waals surface area contributed by atoms with Crippen LogP contribution in [0.3, 0.4) is 0 Å². The zero-order chi connectivity index (χ0) is 9.11. The first kappa shape index (κ1) is 13.5. The Kier molecular flexibility index (Phi) is 15.5. The van der Waals surface area contributed by atoms with Crippen molar-refractivity contribution in [3.8, 4) is 0 Å². The van der Waals surface area contributed by atoms with E-state index in [0.29, 0.717) is 0 Å². The molecule has 0 fully saturated rings. The molecule has 0 aliphatic rings. The van der Waals surface area contributed by atoms with Gasteiger partial charge < -0.3 is 4.90 Å². The van der Waals surface area contributed by atoms with Crippen LogP contribution in [0.2, 0.25) is 0 Å². The van der Waals surface area contributed by atoms with E-state index in [9.17, 15) is 0 Å². The Hall–Kier alpha value is -0.0400. The highest BCUT2D eigenvalue weighted by atomic mass is 15.0. The van der Waals surface area contributed by atoms with Gasteiger partial charge in [0.15, 0.2) is 0 Å². The van der Waals surface area contributed by atoms with Gasteiger partial charge in [0, 0.05) is 0 Å². The van der Waals surface area contributed by atoms with E-state index in [-0.39, 0.29) is 0 Å². The van der Waals surface area contributed by atoms with Crippen molar-refractivity contribution >= 4 is 0 Å². The van der Waals surface area contributed by atoms with E-state index >= 15 is 0 Å². The highest BCUT2D eigenvalue weighted by Gasteiger charge is 1.83. The van der Waals surface area contributed by atoms with Gasteiger partial charge in [-0.3, -0.25) is 0 Å². The Morgan fingerprint density at radius 1 is 0.818 bits per heavy atom. The maximum Gasteiger partial charge on any atom is -0.00249 e. The van der Waals surface area contributed by atoms with Crippen molar-refractivity contribution in [2.75, 3.05) is 20.6 Å². The zero-order valence-corrected chi connectivity index (χ0v) is 8.98. The number of hydrogen-bond donors (Lipinski definition) is 0. The molecular weight excluding hydrogens is 134 g/mol. The Balaban J connectivity index is 0. The van der Waals surface area contributed by atoms with Crippen molar-refractivity contribution in [3.63, 3.8) is 0 Å². The molecule has 1 heteroatoms. The molecule has 0 spiro atoms. The predicted molar refractivity (Wildman–Crippen MR) is 54.0 cm³/mol. The molecule has 0 saturated heterocycles. The first-order valence-corrected chi connectivity index (χ1v) is 4.83. The number of unbranched alkanes of at least 4 members (excludes halogenated alkanes) is 2. The summed E-state index contributed by atoms with van der Waals surface area (Å²) in [5.41, 5.74) is 0. The summed E-state index contributed by atoms with van der Waals surface area (Å²) in [4.78, 5) is 2.21. The van der Waals surface area contributed by atoms with Gasteiger partial charge in [0.25, 0.3) is 0 Å². The predicted octanol–water partition coefficient (Wildman–Crippen LogP) is 3.15. The molecule has 0 heterocycles. The first-order valence-electron chi connectivity index (χ1n) is 4.83. The van der Waals surface area contributed by atoms with Crippen LogP contribution in [-0.2, 0) is 0 Å². The average molecular weight is 159 g/mol. The lowest BCUT2D eigenvalue weighted by Gasteiger charge is -2.05. The van der Waals surface area contributed by atoms with Crippen LogP contribution in [0.25, 0.3) is 0 Å². The Morgan fingerprint density at radius 3 is 1.36 bits per heavy atom. The molecule has 0 aromatic heterocycles. The van der Waals surface area contributed by atoms with E-state index in [0.717, 1.165) is 0 Å². The normalized spacial score (nSPS) is 9.27. The monoisotopic (exact) mass is 159 g/mol. The molecule has 0 aromatic rings. The number of rotatable bonds is 4. The summed E-state index contributed by atoms with van der Waals surface area (Å²) in [6.07, 6.45) is 5.27. The minimum atomic E-state index is 1.23. The van der Waals surface area contributed by atoms with Gasteiger partial charge in [-0.25, -0.2) is 0 Å². The molecule has 0 amide bonds. The molecule has 0 radical (unpaired) electrons. The fourth-order valence-electron chi connectivity index (χ4n) is 0.474. The van der Waals surface area contributed by atoms with Crippen LogP contribution in [0, 0.1) is 0 Å². The standard InChI is InChI=1S/C6H15N.C4H10/c1-4-5-6-7(2)3;1-3-4-2/h4-6H2,1-3H3;3-4H2,1-2H3. The van der Waals surface area contributed by atoms with E-state index < -0.39 is 0 Å². The molecule has 0 bridgehead atoms. The van der Waals surface area contributed by atoms with Crippen molar-refractivity contribution in [2.24, 2.45) is 0 Å². The fourth-order valence-corrected chi connectivity index (χ4v) is 0.474. The lowest BCUT2D eigenvalue weighted by atomic mass is 10.3. The third-order valence-electron chi connectivity index (χ3n) is 1.46. The number of hydrogen-bond acceptors (Lipinski definition) is 1. The third-order valence-corrected chi connectivity index (χ3v) is 1.46. The lowest BCUT2D eigenvalue weighted by Crippen LogP contribution is -2.12. The highest BCUT2D eigenvalue weighted by molar-refractivity contribution is 4.39. The van der Waals surface area contributed by atoms with Crippen molar-refractivity contribution < 1.29 is 0 Å². The first-order chi connectivity index (χ1) is 5.18. The minimum Gasteiger partial charge on any atom is -0.309 e. The van der Waals surface area contributed by atoms with Crippen molar-refractivity contribution in [3.05, 3.63) is 0 Å². The Labute approximate surface area is 72.8 Å². The SMILES string of the molecule is CCCC.CCCCN(C)C. The van der Waals surface area contributed by atoms with Crippen LogP contribution in [0.1, 0.15) is 46.5 Å². The molecule has 0 saturated carbocycles. The van der Waals surface area contributed by atoms with Gasteiger partial charge in [-0.2, -0.15) is 0 Å². The molecule has 0 unspecified atom stereocenters. The van der Waals surface area contributed by atoms with Crippen molar-refractivity contribution in [1.82, 2.24) is 4.90 Å². The molecule has 0 atom stereocenters. The van der Waals surface area contributed by atoms with Gasteiger partial charge in [0.05, 0.1) is 0 Å². The average Bonchev–Trinajstić information content (AvgIpc) is 2.01. The molecule has 70 valence electrons. The largest absolute Gasteiger partial charge is 0.309 e. The Bertz CT molecular complexity index is 48.8. The summed E-state index contributed by atoms with van der Waals surface area (Å²) < 4.78 is 0. The second-order valence-corrected chi connectivity index (χ2v) is 3.16. The summed E-state index contributed by atoms with van der Waals surface area (Å²) in [5.74, 6) is 0. The lowest BCUT2D eigenvalue weighted by molar-refractivity contribution is 0.398. The molecule has 0 aliphatic carbocycles. The van der Waals surface area contributed by atoms with Crippen LogP contribution >= 0.6 is 0 Å². The molecule has 11 heavy (non-hydrogen) atoms. The Morgan fingerprint density at radius 2 is 1.27 bits per heavy atom. The van der Waals surface area contributed by atoms with Gasteiger partial charge in [-0.05, 0) is 27.1 Å². The fraction of sp³-hybridized carbons (Fsp3) is 1.00. The quantitative estimate of drug-likeness (QED) is 0.609. The van der Waals surface area contributed by atoms with Crippen LogP contribution in [0.15, 0.2) is 0 Å². The topological polar surface area (TPSA) is 3.24 Å². The maximum absolute atomic E-state index is 2.21. The van der Waals surface area contributed by atoms with E-state index in [1.807, 2.05) is 0 Å². The summed E-state index contributed by atoms with van der Waals surface area (Å²) in [7, 11) is 4.21. The van der Waals surface area contributed by atoms with E-state index in [2.05, 4.69) is 39.8 Å². The second-order valence-electron chi connectivity index (χ2n) is 3.16.